The minimum atomic E-state index is 0.0562. The van der Waals surface area contributed by atoms with Crippen LogP contribution in [0.25, 0.3) is 0 Å². The Morgan fingerprint density at radius 2 is 1.85 bits per heavy atom. The maximum Gasteiger partial charge on any atom is 0.136 e. The molecular weight excluding hydrogens is 246 g/mol. The number of benzene rings is 2. The molecule has 0 bridgehead atoms. The molecule has 1 aliphatic rings. The lowest BCUT2D eigenvalue weighted by Gasteiger charge is -2.20. The molecule has 20 heavy (non-hydrogen) atoms. The van der Waals surface area contributed by atoms with E-state index in [2.05, 4.69) is 47.8 Å². The summed E-state index contributed by atoms with van der Waals surface area (Å²) >= 11 is 0. The van der Waals surface area contributed by atoms with Crippen LogP contribution in [-0.4, -0.2) is 13.6 Å². The highest BCUT2D eigenvalue weighted by atomic mass is 16.5. The molecule has 1 atom stereocenters. The van der Waals surface area contributed by atoms with E-state index in [1.165, 1.54) is 36.0 Å². The van der Waals surface area contributed by atoms with Gasteiger partial charge in [-0.05, 0) is 55.1 Å². The second kappa shape index (κ2) is 6.10. The number of hydrogen-bond donors (Lipinski definition) is 1. The van der Waals surface area contributed by atoms with Gasteiger partial charge in [-0.15, -0.1) is 0 Å². The van der Waals surface area contributed by atoms with E-state index < -0.39 is 0 Å². The Bertz CT molecular complexity index is 565. The van der Waals surface area contributed by atoms with Crippen LogP contribution in [-0.2, 0) is 12.8 Å². The first-order chi connectivity index (χ1) is 9.86. The van der Waals surface area contributed by atoms with Crippen LogP contribution in [0.1, 0.15) is 29.2 Å². The van der Waals surface area contributed by atoms with Gasteiger partial charge < -0.3 is 10.1 Å². The lowest BCUT2D eigenvalue weighted by molar-refractivity contribution is 0.205. The summed E-state index contributed by atoms with van der Waals surface area (Å²) in [6.45, 7) is 0.807. The van der Waals surface area contributed by atoms with Gasteiger partial charge in [-0.3, -0.25) is 0 Å². The van der Waals surface area contributed by atoms with E-state index in [4.69, 9.17) is 4.74 Å². The van der Waals surface area contributed by atoms with Gasteiger partial charge >= 0.3 is 0 Å². The molecule has 0 radical (unpaired) electrons. The van der Waals surface area contributed by atoms with Crippen molar-refractivity contribution in [1.29, 1.82) is 0 Å². The average molecular weight is 267 g/mol. The van der Waals surface area contributed by atoms with Gasteiger partial charge in [0.1, 0.15) is 11.9 Å². The quantitative estimate of drug-likeness (QED) is 0.895. The van der Waals surface area contributed by atoms with Crippen LogP contribution in [0.2, 0.25) is 0 Å². The molecule has 2 aromatic rings. The lowest BCUT2D eigenvalue weighted by Crippen LogP contribution is -2.21. The standard InChI is InChI=1S/C18H21NO/c1-19-13-18(15-6-3-2-4-7-15)20-17-11-10-14-8-5-9-16(14)12-17/h2-4,6-7,10-12,18-19H,5,8-9,13H2,1H3. The Kier molecular flexibility index (Phi) is 4.03. The van der Waals surface area contributed by atoms with Crippen molar-refractivity contribution in [2.24, 2.45) is 0 Å². The molecule has 0 spiro atoms. The van der Waals surface area contributed by atoms with Crippen molar-refractivity contribution < 1.29 is 4.74 Å². The summed E-state index contributed by atoms with van der Waals surface area (Å²) in [5, 5.41) is 3.21. The molecule has 2 heteroatoms. The Hall–Kier alpha value is -1.80. The second-order valence-corrected chi connectivity index (χ2v) is 5.36. The summed E-state index contributed by atoms with van der Waals surface area (Å²) in [4.78, 5) is 0. The molecule has 0 saturated heterocycles. The summed E-state index contributed by atoms with van der Waals surface area (Å²) in [5.74, 6) is 0.981. The van der Waals surface area contributed by atoms with Gasteiger partial charge in [-0.2, -0.15) is 0 Å². The minimum absolute atomic E-state index is 0.0562. The molecule has 0 heterocycles. The molecule has 0 aliphatic heterocycles. The molecule has 2 nitrogen and oxygen atoms in total. The Balaban J connectivity index is 1.80. The number of hydrogen-bond acceptors (Lipinski definition) is 2. The molecule has 1 aliphatic carbocycles. The largest absolute Gasteiger partial charge is 0.484 e. The van der Waals surface area contributed by atoms with Crippen molar-refractivity contribution in [3.63, 3.8) is 0 Å². The van der Waals surface area contributed by atoms with Crippen LogP contribution in [0.3, 0.4) is 0 Å². The molecule has 104 valence electrons. The van der Waals surface area contributed by atoms with Crippen LogP contribution >= 0.6 is 0 Å². The molecule has 2 aromatic carbocycles. The van der Waals surface area contributed by atoms with Crippen molar-refractivity contribution in [3.05, 3.63) is 65.2 Å². The topological polar surface area (TPSA) is 21.3 Å². The van der Waals surface area contributed by atoms with Gasteiger partial charge in [-0.25, -0.2) is 0 Å². The first kappa shape index (κ1) is 13.2. The fraction of sp³-hybridized carbons (Fsp3) is 0.333. The van der Waals surface area contributed by atoms with Gasteiger partial charge in [-0.1, -0.05) is 36.4 Å². The predicted molar refractivity (Wildman–Crippen MR) is 82.2 cm³/mol. The normalized spacial score (nSPS) is 14.8. The second-order valence-electron chi connectivity index (χ2n) is 5.36. The maximum absolute atomic E-state index is 6.20. The van der Waals surface area contributed by atoms with Gasteiger partial charge in [0, 0.05) is 6.54 Å². The van der Waals surface area contributed by atoms with Crippen LogP contribution in [0.15, 0.2) is 48.5 Å². The molecule has 1 unspecified atom stereocenters. The van der Waals surface area contributed by atoms with E-state index in [0.29, 0.717) is 0 Å². The third-order valence-corrected chi connectivity index (χ3v) is 3.91. The number of likely N-dealkylation sites (N-methyl/N-ethyl adjacent to an activating group) is 1. The highest BCUT2D eigenvalue weighted by Crippen LogP contribution is 2.28. The fourth-order valence-corrected chi connectivity index (χ4v) is 2.87. The van der Waals surface area contributed by atoms with E-state index in [-0.39, 0.29) is 6.10 Å². The Morgan fingerprint density at radius 3 is 2.65 bits per heavy atom. The van der Waals surface area contributed by atoms with Gasteiger partial charge in [0.05, 0.1) is 0 Å². The number of aryl methyl sites for hydroxylation is 2. The molecule has 3 rings (SSSR count). The predicted octanol–water partition coefficient (Wildman–Crippen LogP) is 3.51. The van der Waals surface area contributed by atoms with Gasteiger partial charge in [0.2, 0.25) is 0 Å². The summed E-state index contributed by atoms with van der Waals surface area (Å²) in [6.07, 6.45) is 3.74. The van der Waals surface area contributed by atoms with E-state index in [1.807, 2.05) is 13.1 Å². The third-order valence-electron chi connectivity index (χ3n) is 3.91. The monoisotopic (exact) mass is 267 g/mol. The van der Waals surface area contributed by atoms with Crippen LogP contribution in [0, 0.1) is 0 Å². The summed E-state index contributed by atoms with van der Waals surface area (Å²) in [5.41, 5.74) is 4.16. The summed E-state index contributed by atoms with van der Waals surface area (Å²) < 4.78 is 6.20. The molecule has 1 N–H and O–H groups in total. The number of rotatable bonds is 5. The van der Waals surface area contributed by atoms with Gasteiger partial charge in [0.15, 0.2) is 0 Å². The molecular formula is C18H21NO. The zero-order valence-corrected chi connectivity index (χ0v) is 11.9. The van der Waals surface area contributed by atoms with Crippen LogP contribution < -0.4 is 10.1 Å². The summed E-state index contributed by atoms with van der Waals surface area (Å²) in [6, 6.07) is 16.9. The van der Waals surface area contributed by atoms with E-state index in [1.54, 1.807) is 0 Å². The van der Waals surface area contributed by atoms with Gasteiger partial charge in [0.25, 0.3) is 0 Å². The number of ether oxygens (including phenoxy) is 1. The summed E-state index contributed by atoms with van der Waals surface area (Å²) in [7, 11) is 1.96. The van der Waals surface area contributed by atoms with Crippen LogP contribution in [0.5, 0.6) is 5.75 Å². The molecule has 0 saturated carbocycles. The number of fused-ring (bicyclic) bond motifs is 1. The Labute approximate surface area is 120 Å². The first-order valence-corrected chi connectivity index (χ1v) is 7.35. The third kappa shape index (κ3) is 2.86. The maximum atomic E-state index is 6.20. The minimum Gasteiger partial charge on any atom is -0.484 e. The zero-order valence-electron chi connectivity index (χ0n) is 11.9. The lowest BCUT2D eigenvalue weighted by atomic mass is 10.1. The average Bonchev–Trinajstić information content (AvgIpc) is 2.95. The van der Waals surface area contributed by atoms with E-state index in [0.717, 1.165) is 12.3 Å². The Morgan fingerprint density at radius 1 is 1.05 bits per heavy atom. The van der Waals surface area contributed by atoms with Crippen molar-refractivity contribution in [3.8, 4) is 5.75 Å². The van der Waals surface area contributed by atoms with Crippen LogP contribution in [0.4, 0.5) is 0 Å². The van der Waals surface area contributed by atoms with E-state index in [9.17, 15) is 0 Å². The fourth-order valence-electron chi connectivity index (χ4n) is 2.87. The number of nitrogens with one attached hydrogen (secondary N) is 1. The molecule has 0 fully saturated rings. The highest BCUT2D eigenvalue weighted by Gasteiger charge is 2.15. The molecule has 0 amide bonds. The highest BCUT2D eigenvalue weighted by molar-refractivity contribution is 5.38. The smallest absolute Gasteiger partial charge is 0.136 e. The van der Waals surface area contributed by atoms with Crippen molar-refractivity contribution in [2.75, 3.05) is 13.6 Å². The SMILES string of the molecule is CNCC(Oc1ccc2c(c1)CCC2)c1ccccc1. The van der Waals surface area contributed by atoms with Crippen molar-refractivity contribution in [2.45, 2.75) is 25.4 Å². The van der Waals surface area contributed by atoms with Crippen molar-refractivity contribution in [1.82, 2.24) is 5.32 Å². The van der Waals surface area contributed by atoms with Crippen molar-refractivity contribution >= 4 is 0 Å². The molecule has 0 aromatic heterocycles. The van der Waals surface area contributed by atoms with E-state index >= 15 is 0 Å². The first-order valence-electron chi connectivity index (χ1n) is 7.35. The zero-order chi connectivity index (χ0) is 13.8.